The highest BCUT2D eigenvalue weighted by Gasteiger charge is 2.22. The molecule has 1 unspecified atom stereocenters. The molecule has 2 amide bonds. The molecule has 0 fully saturated rings. The third-order valence-electron chi connectivity index (χ3n) is 3.11. The number of carbonyl (C=O) groups is 1. The monoisotopic (exact) mass is 324 g/mol. The second kappa shape index (κ2) is 7.31. The minimum atomic E-state index is -3.18. The van der Waals surface area contributed by atoms with E-state index >= 15 is 0 Å². The summed E-state index contributed by atoms with van der Waals surface area (Å²) in [4.78, 5) is 11.9. The number of rotatable bonds is 6. The average Bonchev–Trinajstić information content (AvgIpc) is 2.78. The van der Waals surface area contributed by atoms with E-state index < -0.39 is 21.9 Å². The van der Waals surface area contributed by atoms with Gasteiger partial charge in [0.1, 0.15) is 5.75 Å². The number of hydrogen-bond donors (Lipinski definition) is 2. The lowest BCUT2D eigenvalue weighted by Crippen LogP contribution is -2.38. The number of anilines is 1. The van der Waals surface area contributed by atoms with Gasteiger partial charge in [0.15, 0.2) is 9.84 Å². The van der Waals surface area contributed by atoms with Gasteiger partial charge in [0, 0.05) is 17.2 Å². The van der Waals surface area contributed by atoms with Crippen molar-refractivity contribution >= 4 is 21.6 Å². The van der Waals surface area contributed by atoms with Gasteiger partial charge in [0.2, 0.25) is 0 Å². The van der Waals surface area contributed by atoms with Gasteiger partial charge in [0.25, 0.3) is 0 Å². The maximum Gasteiger partial charge on any atom is 0.319 e. The van der Waals surface area contributed by atoms with Crippen LogP contribution in [0.25, 0.3) is 0 Å². The van der Waals surface area contributed by atoms with E-state index in [0.29, 0.717) is 18.0 Å². The standard InChI is InChI=1S/C15H20N2O4S/c1-2-3-8-21-14-6-4-5-12(10-14)16-15(18)17-13-7-9-22(19,20)11-13/h4-7,9-10,13H,2-3,8,11H2,1H3,(H2,16,17,18). The molecular formula is C15H20N2O4S. The maximum absolute atomic E-state index is 11.9. The van der Waals surface area contributed by atoms with Crippen molar-refractivity contribution in [1.29, 1.82) is 0 Å². The number of ether oxygens (including phenoxy) is 1. The zero-order valence-electron chi connectivity index (χ0n) is 12.4. The fourth-order valence-electron chi connectivity index (χ4n) is 2.00. The van der Waals surface area contributed by atoms with Crippen LogP contribution in [0.1, 0.15) is 19.8 Å². The van der Waals surface area contributed by atoms with Crippen molar-refractivity contribution in [2.45, 2.75) is 25.8 Å². The van der Waals surface area contributed by atoms with Crippen LogP contribution in [0.15, 0.2) is 35.7 Å². The molecule has 120 valence electrons. The van der Waals surface area contributed by atoms with Gasteiger partial charge < -0.3 is 15.4 Å². The van der Waals surface area contributed by atoms with Gasteiger partial charge in [0.05, 0.1) is 18.4 Å². The minimum Gasteiger partial charge on any atom is -0.494 e. The molecule has 1 atom stereocenters. The third kappa shape index (κ3) is 5.07. The van der Waals surface area contributed by atoms with Crippen molar-refractivity contribution in [2.24, 2.45) is 0 Å². The smallest absolute Gasteiger partial charge is 0.319 e. The Hall–Kier alpha value is -2.02. The number of amides is 2. The highest BCUT2D eigenvalue weighted by atomic mass is 32.2. The zero-order valence-corrected chi connectivity index (χ0v) is 13.2. The van der Waals surface area contributed by atoms with Crippen LogP contribution in [-0.4, -0.2) is 32.9 Å². The summed E-state index contributed by atoms with van der Waals surface area (Å²) < 4.78 is 28.1. The predicted octanol–water partition coefficient (Wildman–Crippen LogP) is 2.30. The van der Waals surface area contributed by atoms with Crippen LogP contribution in [0.2, 0.25) is 0 Å². The Labute approximate surface area is 130 Å². The Morgan fingerprint density at radius 1 is 1.41 bits per heavy atom. The summed E-state index contributed by atoms with van der Waals surface area (Å²) in [6, 6.07) is 6.15. The van der Waals surface area contributed by atoms with E-state index in [-0.39, 0.29) is 5.75 Å². The lowest BCUT2D eigenvalue weighted by molar-refractivity contribution is 0.251. The molecule has 0 saturated heterocycles. The Morgan fingerprint density at radius 3 is 2.91 bits per heavy atom. The molecule has 1 heterocycles. The Morgan fingerprint density at radius 2 is 2.23 bits per heavy atom. The van der Waals surface area contributed by atoms with E-state index in [1.54, 1.807) is 18.2 Å². The molecule has 1 aliphatic heterocycles. The van der Waals surface area contributed by atoms with Gasteiger partial charge >= 0.3 is 6.03 Å². The number of nitrogens with one attached hydrogen (secondary N) is 2. The molecule has 1 aliphatic rings. The normalized spacial score (nSPS) is 18.9. The van der Waals surface area contributed by atoms with E-state index in [1.165, 1.54) is 6.08 Å². The van der Waals surface area contributed by atoms with Crippen molar-refractivity contribution in [1.82, 2.24) is 5.32 Å². The van der Waals surface area contributed by atoms with Crippen LogP contribution >= 0.6 is 0 Å². The van der Waals surface area contributed by atoms with E-state index in [0.717, 1.165) is 18.2 Å². The van der Waals surface area contributed by atoms with E-state index in [4.69, 9.17) is 4.74 Å². The largest absolute Gasteiger partial charge is 0.494 e. The molecule has 0 bridgehead atoms. The fourth-order valence-corrected chi connectivity index (χ4v) is 3.23. The molecule has 2 N–H and O–H groups in total. The lowest BCUT2D eigenvalue weighted by Gasteiger charge is -2.12. The van der Waals surface area contributed by atoms with Crippen molar-refractivity contribution in [2.75, 3.05) is 17.7 Å². The van der Waals surface area contributed by atoms with Crippen molar-refractivity contribution < 1.29 is 17.9 Å². The SMILES string of the molecule is CCCCOc1cccc(NC(=O)NC2C=CS(=O)(=O)C2)c1. The van der Waals surface area contributed by atoms with Gasteiger partial charge in [-0.25, -0.2) is 13.2 Å². The zero-order chi connectivity index (χ0) is 16.0. The third-order valence-corrected chi connectivity index (χ3v) is 4.50. The molecule has 1 aromatic rings. The van der Waals surface area contributed by atoms with Crippen LogP contribution in [0.4, 0.5) is 10.5 Å². The first kappa shape index (κ1) is 16.4. The maximum atomic E-state index is 11.9. The first-order valence-electron chi connectivity index (χ1n) is 7.20. The quantitative estimate of drug-likeness (QED) is 0.786. The topological polar surface area (TPSA) is 84.5 Å². The van der Waals surface area contributed by atoms with Gasteiger partial charge in [-0.1, -0.05) is 19.4 Å². The average molecular weight is 324 g/mol. The second-order valence-corrected chi connectivity index (χ2v) is 7.02. The lowest BCUT2D eigenvalue weighted by atomic mass is 10.3. The molecule has 0 spiro atoms. The van der Waals surface area contributed by atoms with Crippen LogP contribution in [0.3, 0.4) is 0 Å². The fraction of sp³-hybridized carbons (Fsp3) is 0.400. The first-order valence-corrected chi connectivity index (χ1v) is 8.91. The number of hydrogen-bond acceptors (Lipinski definition) is 4. The summed E-state index contributed by atoms with van der Waals surface area (Å²) in [7, 11) is -3.18. The summed E-state index contributed by atoms with van der Waals surface area (Å²) in [6.45, 7) is 2.72. The molecule has 1 aromatic carbocycles. The summed E-state index contributed by atoms with van der Waals surface area (Å²) in [5.74, 6) is 0.593. The molecule has 22 heavy (non-hydrogen) atoms. The number of unbranched alkanes of at least 4 members (excludes halogenated alkanes) is 1. The van der Waals surface area contributed by atoms with Crippen LogP contribution in [-0.2, 0) is 9.84 Å². The summed E-state index contributed by atoms with van der Waals surface area (Å²) >= 11 is 0. The first-order chi connectivity index (χ1) is 10.5. The van der Waals surface area contributed by atoms with E-state index in [2.05, 4.69) is 17.6 Å². The Balaban J connectivity index is 1.86. The van der Waals surface area contributed by atoms with E-state index in [1.807, 2.05) is 6.07 Å². The highest BCUT2D eigenvalue weighted by molar-refractivity contribution is 7.94. The van der Waals surface area contributed by atoms with Crippen molar-refractivity contribution in [3.63, 3.8) is 0 Å². The molecule has 2 rings (SSSR count). The van der Waals surface area contributed by atoms with Crippen molar-refractivity contribution in [3.8, 4) is 5.75 Å². The number of carbonyl (C=O) groups excluding carboxylic acids is 1. The van der Waals surface area contributed by atoms with Gasteiger partial charge in [-0.05, 0) is 24.6 Å². The number of urea groups is 1. The van der Waals surface area contributed by atoms with E-state index in [9.17, 15) is 13.2 Å². The van der Waals surface area contributed by atoms with Crippen LogP contribution < -0.4 is 15.4 Å². The molecule has 0 saturated carbocycles. The molecule has 7 heteroatoms. The Bertz CT molecular complexity index is 655. The van der Waals surface area contributed by atoms with Gasteiger partial charge in [-0.15, -0.1) is 0 Å². The summed E-state index contributed by atoms with van der Waals surface area (Å²) in [6.07, 6.45) is 3.50. The predicted molar refractivity (Wildman–Crippen MR) is 85.7 cm³/mol. The van der Waals surface area contributed by atoms with Gasteiger partial charge in [-0.3, -0.25) is 0 Å². The molecule has 0 aromatic heterocycles. The van der Waals surface area contributed by atoms with Crippen LogP contribution in [0.5, 0.6) is 5.75 Å². The van der Waals surface area contributed by atoms with Crippen LogP contribution in [0, 0.1) is 0 Å². The molecule has 6 nitrogen and oxygen atoms in total. The van der Waals surface area contributed by atoms with Crippen molar-refractivity contribution in [3.05, 3.63) is 35.7 Å². The summed E-state index contributed by atoms with van der Waals surface area (Å²) in [5.41, 5.74) is 0.594. The minimum absolute atomic E-state index is 0.0966. The Kier molecular flexibility index (Phi) is 5.43. The van der Waals surface area contributed by atoms with Gasteiger partial charge in [-0.2, -0.15) is 0 Å². The number of sulfone groups is 1. The molecule has 0 radical (unpaired) electrons. The second-order valence-electron chi connectivity index (χ2n) is 5.09. The molecular weight excluding hydrogens is 304 g/mol. The molecule has 0 aliphatic carbocycles. The highest BCUT2D eigenvalue weighted by Crippen LogP contribution is 2.18. The summed E-state index contributed by atoms with van der Waals surface area (Å²) in [5, 5.41) is 6.39. The number of benzene rings is 1.